The maximum atomic E-state index is 11.8. The van der Waals surface area contributed by atoms with Crippen LogP contribution in [0.5, 0.6) is 5.75 Å². The smallest absolute Gasteiger partial charge is 0.319 e. The molecule has 0 saturated heterocycles. The molecule has 5 heteroatoms. The van der Waals surface area contributed by atoms with Crippen LogP contribution >= 0.6 is 0 Å². The molecular weight excluding hydrogens is 244 g/mol. The van der Waals surface area contributed by atoms with E-state index in [0.717, 1.165) is 37.1 Å². The minimum absolute atomic E-state index is 0.154. The average Bonchev–Trinajstić information content (AvgIpc) is 2.42. The second kappa shape index (κ2) is 6.43. The van der Waals surface area contributed by atoms with Crippen LogP contribution in [-0.2, 0) is 0 Å². The van der Waals surface area contributed by atoms with Crippen LogP contribution in [0.3, 0.4) is 0 Å². The van der Waals surface area contributed by atoms with Crippen LogP contribution in [0.25, 0.3) is 0 Å². The SMILES string of the molecule is COc1ccc(NC(=O)NC2CCC(O)CC2)cc1. The Labute approximate surface area is 113 Å². The van der Waals surface area contributed by atoms with Gasteiger partial charge in [0.15, 0.2) is 0 Å². The third-order valence-corrected chi connectivity index (χ3v) is 3.38. The first kappa shape index (κ1) is 13.7. The topological polar surface area (TPSA) is 70.6 Å². The van der Waals surface area contributed by atoms with E-state index >= 15 is 0 Å². The Morgan fingerprint density at radius 3 is 2.42 bits per heavy atom. The number of rotatable bonds is 3. The summed E-state index contributed by atoms with van der Waals surface area (Å²) < 4.78 is 5.05. The summed E-state index contributed by atoms with van der Waals surface area (Å²) in [6, 6.07) is 7.14. The zero-order valence-electron chi connectivity index (χ0n) is 11.1. The summed E-state index contributed by atoms with van der Waals surface area (Å²) in [6.45, 7) is 0. The van der Waals surface area contributed by atoms with E-state index in [9.17, 15) is 9.90 Å². The lowest BCUT2D eigenvalue weighted by Gasteiger charge is -2.26. The quantitative estimate of drug-likeness (QED) is 0.783. The fraction of sp³-hybridized carbons (Fsp3) is 0.500. The molecule has 1 aliphatic carbocycles. The van der Waals surface area contributed by atoms with Crippen molar-refractivity contribution in [2.45, 2.75) is 37.8 Å². The van der Waals surface area contributed by atoms with Crippen LogP contribution in [0.1, 0.15) is 25.7 Å². The van der Waals surface area contributed by atoms with Gasteiger partial charge in [-0.25, -0.2) is 4.79 Å². The largest absolute Gasteiger partial charge is 0.497 e. The number of hydrogen-bond donors (Lipinski definition) is 3. The third kappa shape index (κ3) is 4.13. The van der Waals surface area contributed by atoms with Crippen molar-refractivity contribution < 1.29 is 14.6 Å². The van der Waals surface area contributed by atoms with Crippen molar-refractivity contribution in [3.63, 3.8) is 0 Å². The lowest BCUT2D eigenvalue weighted by atomic mass is 9.93. The van der Waals surface area contributed by atoms with Gasteiger partial charge in [0, 0.05) is 11.7 Å². The van der Waals surface area contributed by atoms with Crippen LogP contribution < -0.4 is 15.4 Å². The molecule has 19 heavy (non-hydrogen) atoms. The highest BCUT2D eigenvalue weighted by Gasteiger charge is 2.20. The van der Waals surface area contributed by atoms with E-state index in [-0.39, 0.29) is 18.2 Å². The molecule has 0 heterocycles. The Kier molecular flexibility index (Phi) is 4.63. The van der Waals surface area contributed by atoms with Crippen molar-refractivity contribution in [1.82, 2.24) is 5.32 Å². The normalized spacial score (nSPS) is 22.6. The van der Waals surface area contributed by atoms with Crippen LogP contribution in [0, 0.1) is 0 Å². The molecule has 104 valence electrons. The minimum Gasteiger partial charge on any atom is -0.497 e. The Morgan fingerprint density at radius 1 is 1.21 bits per heavy atom. The fourth-order valence-electron chi connectivity index (χ4n) is 2.25. The molecule has 1 aliphatic rings. The maximum absolute atomic E-state index is 11.8. The Bertz CT molecular complexity index is 411. The molecule has 0 aliphatic heterocycles. The molecule has 3 N–H and O–H groups in total. The number of aliphatic hydroxyl groups is 1. The third-order valence-electron chi connectivity index (χ3n) is 3.38. The lowest BCUT2D eigenvalue weighted by molar-refractivity contribution is 0.118. The van der Waals surface area contributed by atoms with Gasteiger partial charge in [0.2, 0.25) is 0 Å². The van der Waals surface area contributed by atoms with E-state index in [1.165, 1.54) is 0 Å². The fourth-order valence-corrected chi connectivity index (χ4v) is 2.25. The molecule has 0 spiro atoms. The van der Waals surface area contributed by atoms with Crippen molar-refractivity contribution in [2.24, 2.45) is 0 Å². The van der Waals surface area contributed by atoms with E-state index in [0.29, 0.717) is 0 Å². The number of ether oxygens (including phenoxy) is 1. The van der Waals surface area contributed by atoms with Gasteiger partial charge in [-0.2, -0.15) is 0 Å². The average molecular weight is 264 g/mol. The number of urea groups is 1. The summed E-state index contributed by atoms with van der Waals surface area (Å²) in [5.41, 5.74) is 0.731. The van der Waals surface area contributed by atoms with Gasteiger partial charge in [0.05, 0.1) is 13.2 Å². The lowest BCUT2D eigenvalue weighted by Crippen LogP contribution is -2.40. The van der Waals surface area contributed by atoms with Gasteiger partial charge in [-0.05, 0) is 49.9 Å². The highest BCUT2D eigenvalue weighted by Crippen LogP contribution is 2.19. The molecule has 0 radical (unpaired) electrons. The summed E-state index contributed by atoms with van der Waals surface area (Å²) in [5.74, 6) is 0.757. The van der Waals surface area contributed by atoms with Crippen molar-refractivity contribution in [3.05, 3.63) is 24.3 Å². The number of methoxy groups -OCH3 is 1. The minimum atomic E-state index is -0.206. The van der Waals surface area contributed by atoms with Crippen molar-refractivity contribution in [1.29, 1.82) is 0 Å². The van der Waals surface area contributed by atoms with Crippen molar-refractivity contribution in [3.8, 4) is 5.75 Å². The molecule has 5 nitrogen and oxygen atoms in total. The predicted molar refractivity (Wildman–Crippen MR) is 73.4 cm³/mol. The van der Waals surface area contributed by atoms with Gasteiger partial charge in [-0.15, -0.1) is 0 Å². The van der Waals surface area contributed by atoms with E-state index < -0.39 is 0 Å². The molecule has 2 rings (SSSR count). The highest BCUT2D eigenvalue weighted by molar-refractivity contribution is 5.89. The highest BCUT2D eigenvalue weighted by atomic mass is 16.5. The Balaban J connectivity index is 1.80. The van der Waals surface area contributed by atoms with E-state index in [2.05, 4.69) is 10.6 Å². The number of benzene rings is 1. The van der Waals surface area contributed by atoms with E-state index in [1.54, 1.807) is 31.4 Å². The van der Waals surface area contributed by atoms with Crippen LogP contribution in [-0.4, -0.2) is 30.4 Å². The van der Waals surface area contributed by atoms with Crippen LogP contribution in [0.2, 0.25) is 0 Å². The molecular formula is C14H20N2O3. The summed E-state index contributed by atoms with van der Waals surface area (Å²) in [4.78, 5) is 11.8. The molecule has 2 amide bonds. The zero-order chi connectivity index (χ0) is 13.7. The first-order valence-corrected chi connectivity index (χ1v) is 6.57. The molecule has 1 aromatic carbocycles. The molecule has 0 bridgehead atoms. The summed E-state index contributed by atoms with van der Waals surface area (Å²) in [5, 5.41) is 15.1. The number of aliphatic hydroxyl groups excluding tert-OH is 1. The van der Waals surface area contributed by atoms with E-state index in [4.69, 9.17) is 4.74 Å². The van der Waals surface area contributed by atoms with Crippen molar-refractivity contribution in [2.75, 3.05) is 12.4 Å². The molecule has 0 atom stereocenters. The van der Waals surface area contributed by atoms with Gasteiger partial charge in [-0.1, -0.05) is 0 Å². The maximum Gasteiger partial charge on any atom is 0.319 e. The predicted octanol–water partition coefficient (Wildman–Crippen LogP) is 2.12. The molecule has 0 aromatic heterocycles. The van der Waals surface area contributed by atoms with Crippen LogP contribution in [0.4, 0.5) is 10.5 Å². The number of anilines is 1. The molecule has 1 aromatic rings. The number of nitrogens with one attached hydrogen (secondary N) is 2. The molecule has 1 fully saturated rings. The summed E-state index contributed by atoms with van der Waals surface area (Å²) in [7, 11) is 1.60. The monoisotopic (exact) mass is 264 g/mol. The first-order valence-electron chi connectivity index (χ1n) is 6.57. The number of amides is 2. The van der Waals surface area contributed by atoms with Gasteiger partial charge < -0.3 is 20.5 Å². The standard InChI is InChI=1S/C14H20N2O3/c1-19-13-8-4-11(5-9-13)16-14(18)15-10-2-6-12(17)7-3-10/h4-5,8-10,12,17H,2-3,6-7H2,1H3,(H2,15,16,18). The Morgan fingerprint density at radius 2 is 1.84 bits per heavy atom. The van der Waals surface area contributed by atoms with Gasteiger partial charge in [-0.3, -0.25) is 0 Å². The van der Waals surface area contributed by atoms with Gasteiger partial charge >= 0.3 is 6.03 Å². The second-order valence-electron chi connectivity index (χ2n) is 4.83. The second-order valence-corrected chi connectivity index (χ2v) is 4.83. The first-order chi connectivity index (χ1) is 9.17. The van der Waals surface area contributed by atoms with Gasteiger partial charge in [0.25, 0.3) is 0 Å². The van der Waals surface area contributed by atoms with Crippen LogP contribution in [0.15, 0.2) is 24.3 Å². The molecule has 1 saturated carbocycles. The number of carbonyl (C=O) groups excluding carboxylic acids is 1. The van der Waals surface area contributed by atoms with E-state index in [1.807, 2.05) is 0 Å². The van der Waals surface area contributed by atoms with Gasteiger partial charge in [0.1, 0.15) is 5.75 Å². The summed E-state index contributed by atoms with van der Waals surface area (Å²) in [6.07, 6.45) is 2.97. The molecule has 0 unspecified atom stereocenters. The Hall–Kier alpha value is -1.75. The summed E-state index contributed by atoms with van der Waals surface area (Å²) >= 11 is 0. The zero-order valence-corrected chi connectivity index (χ0v) is 11.1. The number of hydrogen-bond acceptors (Lipinski definition) is 3. The number of carbonyl (C=O) groups is 1. The van der Waals surface area contributed by atoms with Crippen molar-refractivity contribution >= 4 is 11.7 Å².